The average Bonchev–Trinajstić information content (AvgIpc) is 3.12. The smallest absolute Gasteiger partial charge is 0.184 e. The molecule has 1 unspecified atom stereocenters. The minimum atomic E-state index is -0.181. The third kappa shape index (κ3) is 2.08. The molecule has 1 atom stereocenters. The third-order valence-electron chi connectivity index (χ3n) is 3.06. The lowest BCUT2D eigenvalue weighted by molar-refractivity contribution is 0.129. The standard InChI is InChI=1S/C13H15N3O/c1-17-11(9-5-3-2-4-6-9)13-14-12(15-16-13)10-7-8-10/h2-6,10-11H,7-8H2,1H3,(H,14,15,16). The molecule has 1 heterocycles. The maximum absolute atomic E-state index is 5.49. The van der Waals surface area contributed by atoms with Gasteiger partial charge >= 0.3 is 0 Å². The van der Waals surface area contributed by atoms with E-state index in [-0.39, 0.29) is 6.10 Å². The molecule has 3 rings (SSSR count). The monoisotopic (exact) mass is 229 g/mol. The molecule has 0 bridgehead atoms. The molecule has 0 amide bonds. The highest BCUT2D eigenvalue weighted by molar-refractivity contribution is 5.23. The largest absolute Gasteiger partial charge is 0.369 e. The fourth-order valence-corrected chi connectivity index (χ4v) is 1.96. The van der Waals surface area contributed by atoms with E-state index in [4.69, 9.17) is 4.74 Å². The summed E-state index contributed by atoms with van der Waals surface area (Å²) in [5.74, 6) is 2.31. The minimum Gasteiger partial charge on any atom is -0.369 e. The van der Waals surface area contributed by atoms with Crippen LogP contribution in [-0.2, 0) is 4.74 Å². The van der Waals surface area contributed by atoms with Crippen molar-refractivity contribution >= 4 is 0 Å². The van der Waals surface area contributed by atoms with Crippen molar-refractivity contribution in [2.45, 2.75) is 24.9 Å². The Morgan fingerprint density at radius 2 is 2.06 bits per heavy atom. The molecular weight excluding hydrogens is 214 g/mol. The van der Waals surface area contributed by atoms with E-state index in [1.54, 1.807) is 7.11 Å². The van der Waals surface area contributed by atoms with Crippen LogP contribution in [0.5, 0.6) is 0 Å². The molecule has 1 aromatic heterocycles. The summed E-state index contributed by atoms with van der Waals surface area (Å²) in [6, 6.07) is 10.0. The highest BCUT2D eigenvalue weighted by atomic mass is 16.5. The van der Waals surface area contributed by atoms with Crippen LogP contribution in [0.3, 0.4) is 0 Å². The molecule has 1 fully saturated rings. The second-order valence-corrected chi connectivity index (χ2v) is 4.38. The first-order valence-corrected chi connectivity index (χ1v) is 5.88. The number of benzene rings is 1. The molecular formula is C13H15N3O. The van der Waals surface area contributed by atoms with Crippen LogP contribution in [-0.4, -0.2) is 22.3 Å². The first kappa shape index (κ1) is 10.5. The van der Waals surface area contributed by atoms with Gasteiger partial charge in [-0.2, -0.15) is 5.10 Å². The van der Waals surface area contributed by atoms with E-state index in [1.807, 2.05) is 30.3 Å². The van der Waals surface area contributed by atoms with E-state index in [0.717, 1.165) is 17.2 Å². The van der Waals surface area contributed by atoms with E-state index in [2.05, 4.69) is 15.2 Å². The lowest BCUT2D eigenvalue weighted by Gasteiger charge is -2.11. The summed E-state index contributed by atoms with van der Waals surface area (Å²) in [4.78, 5) is 4.53. The van der Waals surface area contributed by atoms with Crippen LogP contribution in [0.2, 0.25) is 0 Å². The lowest BCUT2D eigenvalue weighted by Crippen LogP contribution is -2.05. The number of hydrogen-bond donors (Lipinski definition) is 1. The highest BCUT2D eigenvalue weighted by Gasteiger charge is 2.28. The summed E-state index contributed by atoms with van der Waals surface area (Å²) in [5, 5.41) is 7.28. The number of H-pyrrole nitrogens is 1. The van der Waals surface area contributed by atoms with E-state index in [0.29, 0.717) is 5.92 Å². The van der Waals surface area contributed by atoms with E-state index in [1.165, 1.54) is 12.8 Å². The molecule has 0 saturated heterocycles. The number of aromatic nitrogens is 3. The number of nitrogens with zero attached hydrogens (tertiary/aromatic N) is 2. The Morgan fingerprint density at radius 3 is 2.71 bits per heavy atom. The van der Waals surface area contributed by atoms with Crippen molar-refractivity contribution in [3.05, 3.63) is 47.5 Å². The number of aromatic amines is 1. The summed E-state index contributed by atoms with van der Waals surface area (Å²) in [7, 11) is 1.69. The van der Waals surface area contributed by atoms with Crippen LogP contribution in [0.4, 0.5) is 0 Å². The van der Waals surface area contributed by atoms with Crippen LogP contribution in [0, 0.1) is 0 Å². The molecule has 0 spiro atoms. The summed E-state index contributed by atoms with van der Waals surface area (Å²) in [5.41, 5.74) is 1.08. The summed E-state index contributed by atoms with van der Waals surface area (Å²) in [6.07, 6.45) is 2.26. The van der Waals surface area contributed by atoms with Gasteiger partial charge < -0.3 is 4.74 Å². The first-order valence-electron chi connectivity index (χ1n) is 5.88. The molecule has 1 N–H and O–H groups in total. The van der Waals surface area contributed by atoms with Crippen LogP contribution >= 0.6 is 0 Å². The third-order valence-corrected chi connectivity index (χ3v) is 3.06. The lowest BCUT2D eigenvalue weighted by atomic mass is 10.1. The molecule has 0 aliphatic heterocycles. The topological polar surface area (TPSA) is 50.8 Å². The fourth-order valence-electron chi connectivity index (χ4n) is 1.96. The zero-order chi connectivity index (χ0) is 11.7. The van der Waals surface area contributed by atoms with Gasteiger partial charge in [-0.05, 0) is 18.4 Å². The Bertz CT molecular complexity index is 490. The molecule has 1 saturated carbocycles. The SMILES string of the molecule is COC(c1ccccc1)c1n[nH]c(C2CC2)n1. The molecule has 4 nitrogen and oxygen atoms in total. The van der Waals surface area contributed by atoms with Crippen molar-refractivity contribution in [3.8, 4) is 0 Å². The van der Waals surface area contributed by atoms with Crippen LogP contribution in [0.25, 0.3) is 0 Å². The number of methoxy groups -OCH3 is 1. The molecule has 88 valence electrons. The Kier molecular flexibility index (Phi) is 2.65. The normalized spacial score (nSPS) is 17.0. The highest BCUT2D eigenvalue weighted by Crippen LogP contribution is 2.38. The fraction of sp³-hybridized carbons (Fsp3) is 0.385. The Hall–Kier alpha value is -1.68. The van der Waals surface area contributed by atoms with Gasteiger partial charge in [0, 0.05) is 13.0 Å². The van der Waals surface area contributed by atoms with Crippen LogP contribution < -0.4 is 0 Å². The zero-order valence-corrected chi connectivity index (χ0v) is 9.76. The van der Waals surface area contributed by atoms with Crippen LogP contribution in [0.1, 0.15) is 42.1 Å². The van der Waals surface area contributed by atoms with Gasteiger partial charge in [0.25, 0.3) is 0 Å². The predicted octanol–water partition coefficient (Wildman–Crippen LogP) is 2.42. The maximum atomic E-state index is 5.49. The molecule has 1 aliphatic rings. The second kappa shape index (κ2) is 4.30. The number of rotatable bonds is 4. The molecule has 1 aliphatic carbocycles. The maximum Gasteiger partial charge on any atom is 0.184 e. The van der Waals surface area contributed by atoms with Crippen molar-refractivity contribution in [1.29, 1.82) is 0 Å². The van der Waals surface area contributed by atoms with Gasteiger partial charge in [-0.1, -0.05) is 30.3 Å². The van der Waals surface area contributed by atoms with Crippen molar-refractivity contribution in [1.82, 2.24) is 15.2 Å². The number of nitrogens with one attached hydrogen (secondary N) is 1. The van der Waals surface area contributed by atoms with Gasteiger partial charge in [-0.3, -0.25) is 5.10 Å². The second-order valence-electron chi connectivity index (χ2n) is 4.38. The predicted molar refractivity (Wildman–Crippen MR) is 63.7 cm³/mol. The van der Waals surface area contributed by atoms with Gasteiger partial charge in [0.2, 0.25) is 0 Å². The summed E-state index contributed by atoms with van der Waals surface area (Å²) < 4.78 is 5.49. The van der Waals surface area contributed by atoms with Gasteiger partial charge in [0.1, 0.15) is 11.9 Å². The molecule has 0 radical (unpaired) electrons. The van der Waals surface area contributed by atoms with Gasteiger partial charge in [-0.25, -0.2) is 4.98 Å². The molecule has 4 heteroatoms. The average molecular weight is 229 g/mol. The Balaban J connectivity index is 1.88. The van der Waals surface area contributed by atoms with E-state index < -0.39 is 0 Å². The van der Waals surface area contributed by atoms with Crippen molar-refractivity contribution in [2.24, 2.45) is 0 Å². The van der Waals surface area contributed by atoms with Gasteiger partial charge in [-0.15, -0.1) is 0 Å². The van der Waals surface area contributed by atoms with Crippen LogP contribution in [0.15, 0.2) is 30.3 Å². The minimum absolute atomic E-state index is 0.181. The zero-order valence-electron chi connectivity index (χ0n) is 9.76. The molecule has 17 heavy (non-hydrogen) atoms. The van der Waals surface area contributed by atoms with E-state index >= 15 is 0 Å². The number of hydrogen-bond acceptors (Lipinski definition) is 3. The Morgan fingerprint density at radius 1 is 1.29 bits per heavy atom. The summed E-state index contributed by atoms with van der Waals surface area (Å²) in [6.45, 7) is 0. The molecule has 2 aromatic rings. The summed E-state index contributed by atoms with van der Waals surface area (Å²) >= 11 is 0. The van der Waals surface area contributed by atoms with E-state index in [9.17, 15) is 0 Å². The van der Waals surface area contributed by atoms with Crippen molar-refractivity contribution in [3.63, 3.8) is 0 Å². The van der Waals surface area contributed by atoms with Gasteiger partial charge in [0.15, 0.2) is 5.82 Å². The van der Waals surface area contributed by atoms with Crippen molar-refractivity contribution < 1.29 is 4.74 Å². The molecule has 1 aromatic carbocycles. The number of ether oxygens (including phenoxy) is 1. The van der Waals surface area contributed by atoms with Gasteiger partial charge in [0.05, 0.1) is 0 Å². The first-order chi connectivity index (χ1) is 8.38. The quantitative estimate of drug-likeness (QED) is 0.876. The Labute approximate surface area is 100 Å². The van der Waals surface area contributed by atoms with Crippen molar-refractivity contribution in [2.75, 3.05) is 7.11 Å².